The van der Waals surface area contributed by atoms with Crippen LogP contribution in [0.2, 0.25) is 0 Å². The Bertz CT molecular complexity index is 1890. The largest absolute Gasteiger partial charge is 0.477 e. The molecule has 0 aliphatic carbocycles. The van der Waals surface area contributed by atoms with E-state index in [0.717, 1.165) is 23.8 Å². The molecule has 0 amide bonds. The second kappa shape index (κ2) is 10.9. The van der Waals surface area contributed by atoms with Gasteiger partial charge in [-0.15, -0.1) is 11.3 Å². The number of aromatic carboxylic acids is 1. The van der Waals surface area contributed by atoms with Crippen LogP contribution < -0.4 is 10.3 Å². The molecule has 206 valence electrons. The van der Waals surface area contributed by atoms with Crippen LogP contribution in [0.25, 0.3) is 26.4 Å². The summed E-state index contributed by atoms with van der Waals surface area (Å²) in [5.41, 5.74) is 1.73. The lowest BCUT2D eigenvalue weighted by Crippen LogP contribution is -2.32. The second-order valence-electron chi connectivity index (χ2n) is 9.30. The normalized spacial score (nSPS) is 14.5. The quantitative estimate of drug-likeness (QED) is 0.256. The molecule has 1 N–H and O–H groups in total. The average Bonchev–Trinajstić information content (AvgIpc) is 3.49. The molecule has 1 aliphatic heterocycles. The molecule has 1 unspecified atom stereocenters. The Balaban J connectivity index is 1.21. The SMILES string of the molecule is [C-]#[N+]c1ccc(COc2cccc(-c3cnn(Cc4nc5sc(C(=O)O)cc5n4CC4CCO4)c(=O)c3)n2)c(F)c1. The minimum Gasteiger partial charge on any atom is -0.477 e. The number of fused-ring (bicyclic) bond motifs is 1. The third kappa shape index (κ3) is 5.43. The zero-order valence-corrected chi connectivity index (χ0v) is 22.2. The summed E-state index contributed by atoms with van der Waals surface area (Å²) in [6, 6.07) is 12.2. The van der Waals surface area contributed by atoms with E-state index in [0.29, 0.717) is 40.6 Å². The first-order valence-corrected chi connectivity index (χ1v) is 13.4. The van der Waals surface area contributed by atoms with Gasteiger partial charge in [-0.05, 0) is 24.6 Å². The molecule has 11 nitrogen and oxygen atoms in total. The summed E-state index contributed by atoms with van der Waals surface area (Å²) >= 11 is 1.08. The Kier molecular flexibility index (Phi) is 7.00. The van der Waals surface area contributed by atoms with Gasteiger partial charge in [0.2, 0.25) is 5.88 Å². The molecule has 41 heavy (non-hydrogen) atoms. The first-order valence-electron chi connectivity index (χ1n) is 12.5. The van der Waals surface area contributed by atoms with Gasteiger partial charge in [0, 0.05) is 29.9 Å². The van der Waals surface area contributed by atoms with Gasteiger partial charge >= 0.3 is 5.97 Å². The van der Waals surface area contributed by atoms with Gasteiger partial charge in [0.1, 0.15) is 34.5 Å². The molecule has 5 heterocycles. The van der Waals surface area contributed by atoms with Gasteiger partial charge in [0.15, 0.2) is 5.69 Å². The number of thiophene rings is 1. The van der Waals surface area contributed by atoms with Crippen molar-refractivity contribution in [2.24, 2.45) is 0 Å². The lowest BCUT2D eigenvalue weighted by atomic mass is 10.2. The van der Waals surface area contributed by atoms with Crippen molar-refractivity contribution >= 4 is 33.3 Å². The van der Waals surface area contributed by atoms with Gasteiger partial charge in [-0.1, -0.05) is 18.2 Å². The lowest BCUT2D eigenvalue weighted by molar-refractivity contribution is -0.0590. The summed E-state index contributed by atoms with van der Waals surface area (Å²) in [4.78, 5) is 37.5. The van der Waals surface area contributed by atoms with Gasteiger partial charge in [-0.2, -0.15) is 5.10 Å². The standard InChI is InChI=1S/C28H21FN6O5S/c1-30-18-6-5-16(20(29)10-18)15-40-25-4-2-3-21(32-25)17-9-26(36)35(31-12-17)14-24-33-27-22(11-23(41-27)28(37)38)34(24)13-19-7-8-39-19/h2-6,9-12,19H,7-8,13-15H2,(H,37,38). The van der Waals surface area contributed by atoms with Crippen LogP contribution in [0.1, 0.15) is 27.5 Å². The summed E-state index contributed by atoms with van der Waals surface area (Å²) < 4.78 is 28.6. The summed E-state index contributed by atoms with van der Waals surface area (Å²) in [5.74, 6) is -0.738. The predicted octanol–water partition coefficient (Wildman–Crippen LogP) is 4.52. The maximum Gasteiger partial charge on any atom is 0.346 e. The Morgan fingerprint density at radius 2 is 2.10 bits per heavy atom. The zero-order chi connectivity index (χ0) is 28.5. The number of hydrogen-bond donors (Lipinski definition) is 1. The fourth-order valence-electron chi connectivity index (χ4n) is 4.38. The maximum atomic E-state index is 14.2. The van der Waals surface area contributed by atoms with E-state index in [4.69, 9.17) is 16.0 Å². The molecule has 5 aromatic rings. The van der Waals surface area contributed by atoms with Gasteiger partial charge < -0.3 is 19.1 Å². The van der Waals surface area contributed by atoms with Crippen molar-refractivity contribution in [2.75, 3.05) is 6.61 Å². The first-order chi connectivity index (χ1) is 19.9. The predicted molar refractivity (Wildman–Crippen MR) is 147 cm³/mol. The monoisotopic (exact) mass is 572 g/mol. The molecular formula is C28H21FN6O5S. The molecular weight excluding hydrogens is 551 g/mol. The molecule has 1 saturated heterocycles. The van der Waals surface area contributed by atoms with Crippen molar-refractivity contribution in [1.82, 2.24) is 24.3 Å². The Hall–Kier alpha value is -4.93. The first kappa shape index (κ1) is 26.3. The molecule has 0 radical (unpaired) electrons. The molecule has 1 aromatic carbocycles. The van der Waals surface area contributed by atoms with E-state index < -0.39 is 11.8 Å². The van der Waals surface area contributed by atoms with Crippen molar-refractivity contribution in [3.8, 4) is 17.1 Å². The number of imidazole rings is 1. The number of rotatable bonds is 9. The molecule has 1 fully saturated rings. The minimum absolute atomic E-state index is 0.00145. The van der Waals surface area contributed by atoms with Crippen LogP contribution in [0.3, 0.4) is 0 Å². The highest BCUT2D eigenvalue weighted by Crippen LogP contribution is 2.28. The van der Waals surface area contributed by atoms with Gasteiger partial charge in [0.25, 0.3) is 5.56 Å². The number of aromatic nitrogens is 5. The molecule has 0 bridgehead atoms. The molecule has 4 aromatic heterocycles. The lowest BCUT2D eigenvalue weighted by Gasteiger charge is -2.27. The van der Waals surface area contributed by atoms with Crippen molar-refractivity contribution in [3.63, 3.8) is 0 Å². The van der Waals surface area contributed by atoms with Gasteiger partial charge in [-0.3, -0.25) is 4.79 Å². The maximum absolute atomic E-state index is 14.2. The van der Waals surface area contributed by atoms with E-state index in [9.17, 15) is 19.1 Å². The number of hydrogen-bond acceptors (Lipinski definition) is 8. The van der Waals surface area contributed by atoms with Crippen LogP contribution in [-0.4, -0.2) is 48.1 Å². The van der Waals surface area contributed by atoms with Crippen LogP contribution >= 0.6 is 11.3 Å². The molecule has 1 aliphatic rings. The van der Waals surface area contributed by atoms with E-state index in [1.807, 2.05) is 4.57 Å². The molecule has 0 spiro atoms. The Morgan fingerprint density at radius 3 is 2.80 bits per heavy atom. The van der Waals surface area contributed by atoms with Gasteiger partial charge in [0.05, 0.1) is 36.6 Å². The Labute approximate surface area is 235 Å². The second-order valence-corrected chi connectivity index (χ2v) is 10.3. The number of benzene rings is 1. The van der Waals surface area contributed by atoms with Crippen molar-refractivity contribution in [3.05, 3.63) is 98.6 Å². The van der Waals surface area contributed by atoms with Crippen LogP contribution in [0.4, 0.5) is 10.1 Å². The van der Waals surface area contributed by atoms with Crippen LogP contribution in [0.5, 0.6) is 5.88 Å². The number of carboxylic acids is 1. The van der Waals surface area contributed by atoms with Crippen LogP contribution in [0.15, 0.2) is 59.5 Å². The number of carboxylic acid groups (broad SMARTS) is 1. The fourth-order valence-corrected chi connectivity index (χ4v) is 5.27. The molecule has 13 heteroatoms. The fraction of sp³-hybridized carbons (Fsp3) is 0.214. The Morgan fingerprint density at radius 1 is 1.24 bits per heavy atom. The highest BCUT2D eigenvalue weighted by atomic mass is 32.1. The van der Waals surface area contributed by atoms with Gasteiger partial charge in [-0.25, -0.2) is 28.7 Å². The van der Waals surface area contributed by atoms with Crippen molar-refractivity contribution in [1.29, 1.82) is 0 Å². The van der Waals surface area contributed by atoms with E-state index in [2.05, 4.69) is 19.9 Å². The van der Waals surface area contributed by atoms with E-state index in [1.165, 1.54) is 29.1 Å². The number of carbonyl (C=O) groups is 1. The number of ether oxygens (including phenoxy) is 2. The van der Waals surface area contributed by atoms with E-state index in [1.54, 1.807) is 24.3 Å². The topological polar surface area (TPSA) is 126 Å². The summed E-state index contributed by atoms with van der Waals surface area (Å²) in [6.07, 6.45) is 2.41. The van der Waals surface area contributed by atoms with Crippen LogP contribution in [0, 0.1) is 12.4 Å². The smallest absolute Gasteiger partial charge is 0.346 e. The molecule has 0 saturated carbocycles. The highest BCUT2D eigenvalue weighted by Gasteiger charge is 2.24. The molecule has 1 atom stereocenters. The zero-order valence-electron chi connectivity index (χ0n) is 21.4. The van der Waals surface area contributed by atoms with Crippen LogP contribution in [-0.2, 0) is 24.4 Å². The molecule has 6 rings (SSSR count). The number of nitrogens with zero attached hydrogens (tertiary/aromatic N) is 6. The summed E-state index contributed by atoms with van der Waals surface area (Å²) in [5, 5.41) is 13.7. The minimum atomic E-state index is -1.01. The van der Waals surface area contributed by atoms with Crippen molar-refractivity contribution < 1.29 is 23.8 Å². The third-order valence-corrected chi connectivity index (χ3v) is 7.64. The van der Waals surface area contributed by atoms with E-state index >= 15 is 0 Å². The number of halogens is 1. The van der Waals surface area contributed by atoms with Crippen molar-refractivity contribution in [2.45, 2.75) is 32.2 Å². The highest BCUT2D eigenvalue weighted by molar-refractivity contribution is 7.20. The average molecular weight is 573 g/mol. The summed E-state index contributed by atoms with van der Waals surface area (Å²) in [6.45, 7) is 8.16. The van der Waals surface area contributed by atoms with E-state index in [-0.39, 0.29) is 46.8 Å². The summed E-state index contributed by atoms with van der Waals surface area (Å²) in [7, 11) is 0. The number of pyridine rings is 1. The third-order valence-electron chi connectivity index (χ3n) is 6.64.